The minimum Gasteiger partial charge on any atom is -0.444 e. The Morgan fingerprint density at radius 3 is 2.69 bits per heavy atom. The Kier molecular flexibility index (Phi) is 5.13. The second kappa shape index (κ2) is 6.93. The van der Waals surface area contributed by atoms with E-state index in [4.69, 9.17) is 10.5 Å². The minimum absolute atomic E-state index is 0.0105. The normalized spacial score (nSPS) is 31.9. The van der Waals surface area contributed by atoms with E-state index in [9.17, 15) is 13.4 Å². The summed E-state index contributed by atoms with van der Waals surface area (Å²) < 4.78 is 37.4. The molecule has 2 aliphatic rings. The predicted molar refractivity (Wildman–Crippen MR) is 111 cm³/mol. The summed E-state index contributed by atoms with van der Waals surface area (Å²) in [6.07, 6.45) is 0.534. The monoisotopic (exact) mass is 425 g/mol. The number of pyridine rings is 1. The summed E-state index contributed by atoms with van der Waals surface area (Å²) >= 11 is 0. The third-order valence-electron chi connectivity index (χ3n) is 5.15. The van der Waals surface area contributed by atoms with Crippen molar-refractivity contribution < 1.29 is 18.1 Å². The molecular weight excluding hydrogens is 397 g/mol. The number of nitrogen functional groups attached to an aromatic ring is 1. The number of rotatable bonds is 1. The van der Waals surface area contributed by atoms with E-state index in [0.717, 1.165) is 0 Å². The van der Waals surface area contributed by atoms with Gasteiger partial charge in [-0.2, -0.15) is 0 Å². The number of nitrogens with zero attached hydrogens (tertiary/aromatic N) is 3. The lowest BCUT2D eigenvalue weighted by Crippen LogP contribution is -2.60. The summed E-state index contributed by atoms with van der Waals surface area (Å²) in [6, 6.07) is 2.56. The molecule has 1 amide bonds. The van der Waals surface area contributed by atoms with E-state index < -0.39 is 37.5 Å². The molecule has 3 atom stereocenters. The average Bonchev–Trinajstić information content (AvgIpc) is 2.56. The molecule has 0 fully saturated rings. The summed E-state index contributed by atoms with van der Waals surface area (Å²) in [5.41, 5.74) is 3.71. The summed E-state index contributed by atoms with van der Waals surface area (Å²) in [4.78, 5) is 21.3. The molecule has 0 aromatic carbocycles. The molecule has 1 aromatic heterocycles. The first kappa shape index (κ1) is 21.5. The van der Waals surface area contributed by atoms with Gasteiger partial charge in [0.2, 0.25) is 0 Å². The summed E-state index contributed by atoms with van der Waals surface area (Å²) in [7, 11) is -2.88. The molecule has 1 aromatic rings. The van der Waals surface area contributed by atoms with E-state index in [0.29, 0.717) is 19.4 Å². The van der Waals surface area contributed by atoms with Crippen molar-refractivity contribution in [3.8, 4) is 0 Å². The average molecular weight is 426 g/mol. The number of fused-ring (bicyclic) bond motifs is 1. The number of ether oxygens (including phenoxy) is 1. The van der Waals surface area contributed by atoms with Gasteiger partial charge in [-0.1, -0.05) is 0 Å². The highest BCUT2D eigenvalue weighted by molar-refractivity contribution is 7.95. The number of aromatic nitrogens is 1. The van der Waals surface area contributed by atoms with Crippen molar-refractivity contribution in [1.29, 1.82) is 0 Å². The maximum absolute atomic E-state index is 14.6. The van der Waals surface area contributed by atoms with Gasteiger partial charge in [-0.3, -0.25) is 10.3 Å². The number of carbonyl (C=O) groups excluding carboxylic acids is 1. The molecule has 2 aliphatic heterocycles. The highest BCUT2D eigenvalue weighted by atomic mass is 32.2. The lowest BCUT2D eigenvalue weighted by Gasteiger charge is -2.44. The molecule has 0 bridgehead atoms. The van der Waals surface area contributed by atoms with Crippen LogP contribution in [0.3, 0.4) is 0 Å². The molecule has 3 N–H and O–H groups in total. The van der Waals surface area contributed by atoms with Crippen LogP contribution in [0.5, 0.6) is 0 Å². The standard InChI is InChI=1S/C19H28FN5O3S/c1-17(2,3)28-16(26)24-15-19(5)9-6-10-22-29(19,27)11-18(4,25-15)14-12(20)7-8-13(21)23-14/h7-8H,6,9-11H2,1-5H3,(H2,21,23)(H,24,25,26). The van der Waals surface area contributed by atoms with Crippen LogP contribution in [0.4, 0.5) is 15.0 Å². The second-order valence-electron chi connectivity index (χ2n) is 8.90. The molecule has 0 aliphatic carbocycles. The van der Waals surface area contributed by atoms with Crippen molar-refractivity contribution in [1.82, 2.24) is 10.3 Å². The van der Waals surface area contributed by atoms with E-state index in [2.05, 4.69) is 19.7 Å². The first-order valence-corrected chi connectivity index (χ1v) is 11.2. The third-order valence-corrected chi connectivity index (χ3v) is 8.51. The van der Waals surface area contributed by atoms with Gasteiger partial charge in [0.15, 0.2) is 0 Å². The van der Waals surface area contributed by atoms with Crippen LogP contribution in [-0.2, 0) is 20.0 Å². The molecule has 8 nitrogen and oxygen atoms in total. The molecule has 0 spiro atoms. The summed E-state index contributed by atoms with van der Waals surface area (Å²) in [5, 5.41) is 2.67. The molecular formula is C19H28FN5O3S. The smallest absolute Gasteiger partial charge is 0.413 e. The van der Waals surface area contributed by atoms with Crippen molar-refractivity contribution in [2.75, 3.05) is 18.0 Å². The molecule has 3 unspecified atom stereocenters. The van der Waals surface area contributed by atoms with Crippen LogP contribution in [0.2, 0.25) is 0 Å². The zero-order chi connectivity index (χ0) is 21.7. The highest BCUT2D eigenvalue weighted by Crippen LogP contribution is 2.42. The summed E-state index contributed by atoms with van der Waals surface area (Å²) in [5.74, 6) is -0.311. The zero-order valence-corrected chi connectivity index (χ0v) is 18.2. The van der Waals surface area contributed by atoms with Gasteiger partial charge in [-0.15, -0.1) is 0 Å². The molecule has 0 saturated carbocycles. The van der Waals surface area contributed by atoms with E-state index >= 15 is 0 Å². The molecule has 3 heterocycles. The van der Waals surface area contributed by atoms with Gasteiger partial charge in [0.05, 0.1) is 15.5 Å². The fraction of sp³-hybridized carbons (Fsp3) is 0.632. The lowest BCUT2D eigenvalue weighted by atomic mass is 9.96. The highest BCUT2D eigenvalue weighted by Gasteiger charge is 2.53. The number of alkyl carbamates (subject to hydrolysis) is 1. The van der Waals surface area contributed by atoms with Crippen molar-refractivity contribution in [3.05, 3.63) is 23.6 Å². The van der Waals surface area contributed by atoms with E-state index in [1.807, 2.05) is 0 Å². The third kappa shape index (κ3) is 3.94. The van der Waals surface area contributed by atoms with Crippen LogP contribution in [0.1, 0.15) is 53.2 Å². The number of nitrogens with one attached hydrogen (secondary N) is 1. The Labute approximate surface area is 170 Å². The van der Waals surface area contributed by atoms with E-state index in [-0.39, 0.29) is 23.1 Å². The number of carbonyl (C=O) groups is 1. The quantitative estimate of drug-likeness (QED) is 0.717. The first-order valence-electron chi connectivity index (χ1n) is 9.51. The molecule has 0 radical (unpaired) electrons. The Morgan fingerprint density at radius 1 is 1.34 bits per heavy atom. The lowest BCUT2D eigenvalue weighted by molar-refractivity contribution is 0.0560. The van der Waals surface area contributed by atoms with Crippen LogP contribution in [0.25, 0.3) is 0 Å². The van der Waals surface area contributed by atoms with Gasteiger partial charge in [0.1, 0.15) is 39.1 Å². The van der Waals surface area contributed by atoms with Crippen LogP contribution in [0.15, 0.2) is 21.5 Å². The van der Waals surface area contributed by atoms with Crippen LogP contribution in [0, 0.1) is 5.82 Å². The topological polar surface area (TPSA) is 119 Å². The molecule has 3 rings (SSSR count). The maximum atomic E-state index is 14.6. The number of nitrogens with two attached hydrogens (primary N) is 1. The van der Waals surface area contributed by atoms with Crippen molar-refractivity contribution in [2.45, 2.75) is 63.3 Å². The van der Waals surface area contributed by atoms with Gasteiger partial charge < -0.3 is 10.5 Å². The van der Waals surface area contributed by atoms with Crippen molar-refractivity contribution in [3.63, 3.8) is 0 Å². The number of amidine groups is 1. The molecule has 29 heavy (non-hydrogen) atoms. The van der Waals surface area contributed by atoms with Gasteiger partial charge in [0, 0.05) is 6.54 Å². The van der Waals surface area contributed by atoms with Crippen molar-refractivity contribution in [2.24, 2.45) is 9.36 Å². The Balaban J connectivity index is 2.15. The van der Waals surface area contributed by atoms with Gasteiger partial charge in [-0.25, -0.2) is 22.7 Å². The van der Waals surface area contributed by atoms with E-state index in [1.54, 1.807) is 34.6 Å². The molecule has 0 saturated heterocycles. The SMILES string of the molecule is CC(C)(C)OC(=O)NC1=NC(C)(c2nc(N)ccc2F)CS2(=O)=NCCCC12C. The fourth-order valence-electron chi connectivity index (χ4n) is 3.70. The Morgan fingerprint density at radius 2 is 2.03 bits per heavy atom. The number of amides is 1. The Hall–Kier alpha value is -2.23. The van der Waals surface area contributed by atoms with Crippen LogP contribution < -0.4 is 11.1 Å². The van der Waals surface area contributed by atoms with Crippen LogP contribution >= 0.6 is 0 Å². The van der Waals surface area contributed by atoms with Crippen LogP contribution in [-0.4, -0.2) is 43.8 Å². The largest absolute Gasteiger partial charge is 0.444 e. The number of hydrogen-bond donors (Lipinski definition) is 2. The number of hydrogen-bond acceptors (Lipinski definition) is 7. The van der Waals surface area contributed by atoms with Crippen molar-refractivity contribution >= 4 is 27.5 Å². The minimum atomic E-state index is -2.88. The first-order chi connectivity index (χ1) is 13.3. The van der Waals surface area contributed by atoms with Gasteiger partial charge >= 0.3 is 6.09 Å². The Bertz CT molecular complexity index is 996. The van der Waals surface area contributed by atoms with E-state index in [1.165, 1.54) is 12.1 Å². The molecule has 10 heteroatoms. The number of anilines is 1. The summed E-state index contributed by atoms with van der Waals surface area (Å²) in [6.45, 7) is 9.07. The van der Waals surface area contributed by atoms with Gasteiger partial charge in [0.25, 0.3) is 0 Å². The maximum Gasteiger partial charge on any atom is 0.413 e. The second-order valence-corrected chi connectivity index (χ2v) is 11.6. The van der Waals surface area contributed by atoms with Gasteiger partial charge in [-0.05, 0) is 59.6 Å². The fourth-order valence-corrected chi connectivity index (χ4v) is 6.64. The molecule has 160 valence electrons. The zero-order valence-electron chi connectivity index (χ0n) is 17.4. The number of halogens is 1. The number of aliphatic imine (C=N–C) groups is 1. The predicted octanol–water partition coefficient (Wildman–Crippen LogP) is 2.98.